The van der Waals surface area contributed by atoms with E-state index in [-0.39, 0.29) is 5.91 Å². The van der Waals surface area contributed by atoms with Crippen LogP contribution in [0.2, 0.25) is 0 Å². The maximum absolute atomic E-state index is 10.6. The summed E-state index contributed by atoms with van der Waals surface area (Å²) in [5.74, 6) is -0.213. The van der Waals surface area contributed by atoms with Crippen LogP contribution in [0.15, 0.2) is 18.2 Å². The fraction of sp³-hybridized carbons (Fsp3) is 0.417. The lowest BCUT2D eigenvalue weighted by Crippen LogP contribution is -2.10. The molecule has 1 rings (SSSR count). The van der Waals surface area contributed by atoms with Crippen LogP contribution in [0, 0.1) is 13.8 Å². The average Bonchev–Trinajstić information content (AvgIpc) is 2.12. The van der Waals surface area contributed by atoms with Gasteiger partial charge in [0.15, 0.2) is 0 Å². The number of carbonyl (C=O) groups is 1. The normalized spacial score (nSPS) is 10.1. The van der Waals surface area contributed by atoms with Crippen molar-refractivity contribution in [3.63, 3.8) is 0 Å². The molecule has 0 fully saturated rings. The van der Waals surface area contributed by atoms with Gasteiger partial charge >= 0.3 is 0 Å². The van der Waals surface area contributed by atoms with Gasteiger partial charge in [-0.25, -0.2) is 0 Å². The summed E-state index contributed by atoms with van der Waals surface area (Å²) >= 11 is 0. The topological polar surface area (TPSA) is 43.1 Å². The number of amides is 1. The molecule has 0 aromatic heterocycles. The maximum Gasteiger partial charge on any atom is 0.217 e. The Kier molecular flexibility index (Phi) is 3.69. The second-order valence-corrected chi connectivity index (χ2v) is 3.68. The highest BCUT2D eigenvalue weighted by molar-refractivity contribution is 5.73. The van der Waals surface area contributed by atoms with Crippen molar-refractivity contribution in [1.82, 2.24) is 0 Å². The zero-order valence-electron chi connectivity index (χ0n) is 8.84. The number of nitrogens with two attached hydrogens (primary N) is 1. The summed E-state index contributed by atoms with van der Waals surface area (Å²) in [5, 5.41) is 0. The molecule has 0 aliphatic rings. The number of rotatable bonds is 4. The Morgan fingerprint density at radius 2 is 2.07 bits per heavy atom. The highest BCUT2D eigenvalue weighted by Crippen LogP contribution is 2.14. The molecular formula is C12H17NO. The third kappa shape index (κ3) is 2.87. The highest BCUT2D eigenvalue weighted by Gasteiger charge is 2.01. The average molecular weight is 191 g/mol. The van der Waals surface area contributed by atoms with Gasteiger partial charge in [-0.3, -0.25) is 4.79 Å². The largest absolute Gasteiger partial charge is 0.370 e. The quantitative estimate of drug-likeness (QED) is 0.778. The summed E-state index contributed by atoms with van der Waals surface area (Å²) in [7, 11) is 0. The van der Waals surface area contributed by atoms with Crippen LogP contribution in [0.4, 0.5) is 0 Å². The van der Waals surface area contributed by atoms with Crippen LogP contribution in [0.1, 0.15) is 29.5 Å². The second kappa shape index (κ2) is 4.80. The molecule has 0 saturated heterocycles. The first-order valence-corrected chi connectivity index (χ1v) is 4.94. The van der Waals surface area contributed by atoms with Crippen LogP contribution < -0.4 is 5.73 Å². The van der Waals surface area contributed by atoms with Gasteiger partial charge in [0.25, 0.3) is 0 Å². The minimum absolute atomic E-state index is 0.213. The fourth-order valence-electron chi connectivity index (χ4n) is 1.54. The summed E-state index contributed by atoms with van der Waals surface area (Å²) in [6, 6.07) is 6.28. The van der Waals surface area contributed by atoms with Crippen LogP contribution in [0.25, 0.3) is 0 Å². The Morgan fingerprint density at radius 1 is 1.36 bits per heavy atom. The van der Waals surface area contributed by atoms with E-state index in [0.29, 0.717) is 6.42 Å². The molecule has 1 amide bonds. The van der Waals surface area contributed by atoms with Gasteiger partial charge in [-0.1, -0.05) is 18.2 Å². The number of aryl methyl sites for hydroxylation is 2. The summed E-state index contributed by atoms with van der Waals surface area (Å²) in [6.07, 6.45) is 2.27. The first kappa shape index (κ1) is 10.8. The Balaban J connectivity index is 2.59. The number of hydrogen-bond donors (Lipinski definition) is 1. The van der Waals surface area contributed by atoms with Crippen molar-refractivity contribution < 1.29 is 4.79 Å². The van der Waals surface area contributed by atoms with Crippen molar-refractivity contribution >= 4 is 5.91 Å². The molecule has 76 valence electrons. The van der Waals surface area contributed by atoms with Gasteiger partial charge in [-0.05, 0) is 43.4 Å². The van der Waals surface area contributed by atoms with Crippen LogP contribution >= 0.6 is 0 Å². The van der Waals surface area contributed by atoms with E-state index in [2.05, 4.69) is 32.0 Å². The molecule has 0 aliphatic carbocycles. The lowest BCUT2D eigenvalue weighted by atomic mass is 9.99. The smallest absolute Gasteiger partial charge is 0.217 e. The van der Waals surface area contributed by atoms with Gasteiger partial charge in [0.1, 0.15) is 0 Å². The molecule has 2 heteroatoms. The number of carbonyl (C=O) groups excluding carboxylic acids is 1. The molecule has 0 spiro atoms. The Labute approximate surface area is 85.1 Å². The summed E-state index contributed by atoms with van der Waals surface area (Å²) in [5.41, 5.74) is 9.05. The molecule has 2 N–H and O–H groups in total. The lowest BCUT2D eigenvalue weighted by Gasteiger charge is -2.07. The van der Waals surface area contributed by atoms with Crippen molar-refractivity contribution in [3.05, 3.63) is 34.9 Å². The molecule has 1 aromatic carbocycles. The van der Waals surface area contributed by atoms with E-state index < -0.39 is 0 Å². The van der Waals surface area contributed by atoms with Gasteiger partial charge < -0.3 is 5.73 Å². The van der Waals surface area contributed by atoms with E-state index in [0.717, 1.165) is 12.8 Å². The first-order chi connectivity index (χ1) is 6.61. The second-order valence-electron chi connectivity index (χ2n) is 3.68. The standard InChI is InChI=1S/C12H17NO/c1-9-5-3-6-11(10(9)2)7-4-8-12(13)14/h3,5-6H,4,7-8H2,1-2H3,(H2,13,14). The zero-order chi connectivity index (χ0) is 10.6. The molecule has 0 saturated carbocycles. The number of benzene rings is 1. The third-order valence-corrected chi connectivity index (χ3v) is 2.59. The highest BCUT2D eigenvalue weighted by atomic mass is 16.1. The van der Waals surface area contributed by atoms with E-state index in [4.69, 9.17) is 5.73 Å². The minimum Gasteiger partial charge on any atom is -0.370 e. The van der Waals surface area contributed by atoms with Crippen molar-refractivity contribution in [2.45, 2.75) is 33.1 Å². The van der Waals surface area contributed by atoms with Crippen molar-refractivity contribution in [2.75, 3.05) is 0 Å². The molecule has 1 aromatic rings. The van der Waals surface area contributed by atoms with Crippen LogP contribution in [-0.4, -0.2) is 5.91 Å². The Morgan fingerprint density at radius 3 is 2.71 bits per heavy atom. The molecule has 2 nitrogen and oxygen atoms in total. The minimum atomic E-state index is -0.213. The van der Waals surface area contributed by atoms with E-state index >= 15 is 0 Å². The molecule has 0 heterocycles. The first-order valence-electron chi connectivity index (χ1n) is 4.94. The zero-order valence-corrected chi connectivity index (χ0v) is 8.84. The van der Waals surface area contributed by atoms with Crippen molar-refractivity contribution in [1.29, 1.82) is 0 Å². The fourth-order valence-corrected chi connectivity index (χ4v) is 1.54. The SMILES string of the molecule is Cc1cccc(CCCC(N)=O)c1C. The maximum atomic E-state index is 10.6. The van der Waals surface area contributed by atoms with E-state index in [1.165, 1.54) is 16.7 Å². The van der Waals surface area contributed by atoms with Gasteiger partial charge in [0.05, 0.1) is 0 Å². The molecule has 0 atom stereocenters. The predicted molar refractivity (Wildman–Crippen MR) is 58.0 cm³/mol. The molecule has 0 bridgehead atoms. The number of primary amides is 1. The van der Waals surface area contributed by atoms with Crippen LogP contribution in [0.5, 0.6) is 0 Å². The summed E-state index contributed by atoms with van der Waals surface area (Å²) in [4.78, 5) is 10.6. The van der Waals surface area contributed by atoms with E-state index in [1.807, 2.05) is 0 Å². The van der Waals surface area contributed by atoms with Gasteiger partial charge in [0, 0.05) is 6.42 Å². The molecule has 0 radical (unpaired) electrons. The van der Waals surface area contributed by atoms with Gasteiger partial charge in [0.2, 0.25) is 5.91 Å². The monoisotopic (exact) mass is 191 g/mol. The van der Waals surface area contributed by atoms with E-state index in [1.54, 1.807) is 0 Å². The van der Waals surface area contributed by atoms with Crippen LogP contribution in [0.3, 0.4) is 0 Å². The Hall–Kier alpha value is -1.31. The predicted octanol–water partition coefficient (Wildman–Crippen LogP) is 2.11. The third-order valence-electron chi connectivity index (χ3n) is 2.59. The lowest BCUT2D eigenvalue weighted by molar-refractivity contribution is -0.118. The molecule has 14 heavy (non-hydrogen) atoms. The summed E-state index contributed by atoms with van der Waals surface area (Å²) < 4.78 is 0. The number of hydrogen-bond acceptors (Lipinski definition) is 1. The summed E-state index contributed by atoms with van der Waals surface area (Å²) in [6.45, 7) is 4.22. The molecule has 0 unspecified atom stereocenters. The van der Waals surface area contributed by atoms with Crippen LogP contribution in [-0.2, 0) is 11.2 Å². The van der Waals surface area contributed by atoms with Gasteiger partial charge in [-0.15, -0.1) is 0 Å². The van der Waals surface area contributed by atoms with Crippen molar-refractivity contribution in [2.24, 2.45) is 5.73 Å². The van der Waals surface area contributed by atoms with Gasteiger partial charge in [-0.2, -0.15) is 0 Å². The molecule has 0 aliphatic heterocycles. The van der Waals surface area contributed by atoms with E-state index in [9.17, 15) is 4.79 Å². The Bertz CT molecular complexity index is 331. The van der Waals surface area contributed by atoms with Crippen molar-refractivity contribution in [3.8, 4) is 0 Å². The molecular weight excluding hydrogens is 174 g/mol.